The number of carbonyl (C=O) groups is 1. The first kappa shape index (κ1) is 13.1. The van der Waals surface area contributed by atoms with Crippen molar-refractivity contribution in [3.05, 3.63) is 27.7 Å². The van der Waals surface area contributed by atoms with Crippen LogP contribution in [0, 0.1) is 0 Å². The van der Waals surface area contributed by atoms with E-state index in [9.17, 15) is 15.0 Å². The average molecular weight is 265 g/mol. The summed E-state index contributed by atoms with van der Waals surface area (Å²) in [5.74, 6) is -1.06. The van der Waals surface area contributed by atoms with Crippen LogP contribution < -0.4 is 11.5 Å². The molecule has 0 heterocycles. The molecule has 88 valence electrons. The summed E-state index contributed by atoms with van der Waals surface area (Å²) < 4.78 is 0. The second-order valence-corrected chi connectivity index (χ2v) is 3.92. The summed E-state index contributed by atoms with van der Waals surface area (Å²) in [6.07, 6.45) is -3.29. The minimum Gasteiger partial charge on any atom is -0.397 e. The molecule has 0 aliphatic rings. The highest BCUT2D eigenvalue weighted by molar-refractivity contribution is 6.44. The number of aliphatic hydroxyl groups is 2. The fraction of sp³-hybridized carbons (Fsp3) is 0.222. The van der Waals surface area contributed by atoms with E-state index in [2.05, 4.69) is 0 Å². The van der Waals surface area contributed by atoms with Gasteiger partial charge in [0.25, 0.3) is 0 Å². The Morgan fingerprint density at radius 3 is 2.31 bits per heavy atom. The number of halogens is 2. The molecule has 7 heteroatoms. The number of rotatable bonds is 3. The van der Waals surface area contributed by atoms with Gasteiger partial charge in [-0.2, -0.15) is 0 Å². The Kier molecular flexibility index (Phi) is 3.98. The number of carbonyl (C=O) groups excluding carboxylic acids is 1. The number of benzene rings is 1. The van der Waals surface area contributed by atoms with E-state index in [4.69, 9.17) is 34.7 Å². The van der Waals surface area contributed by atoms with Gasteiger partial charge >= 0.3 is 0 Å². The molecule has 0 saturated heterocycles. The normalized spacial score (nSPS) is 14.5. The second-order valence-electron chi connectivity index (χ2n) is 3.16. The van der Waals surface area contributed by atoms with Crippen molar-refractivity contribution in [3.8, 4) is 0 Å². The molecule has 0 aliphatic heterocycles. The van der Waals surface area contributed by atoms with Crippen LogP contribution in [0.25, 0.3) is 0 Å². The Hall–Kier alpha value is -1.01. The highest BCUT2D eigenvalue weighted by atomic mass is 35.5. The molecule has 0 bridgehead atoms. The van der Waals surface area contributed by atoms with Crippen molar-refractivity contribution < 1.29 is 15.0 Å². The maximum atomic E-state index is 10.7. The lowest BCUT2D eigenvalue weighted by atomic mass is 10.0. The van der Waals surface area contributed by atoms with Crippen molar-refractivity contribution in [2.75, 3.05) is 5.73 Å². The smallest absolute Gasteiger partial charge is 0.249 e. The third-order valence-electron chi connectivity index (χ3n) is 2.05. The van der Waals surface area contributed by atoms with Crippen LogP contribution in [0.2, 0.25) is 10.0 Å². The van der Waals surface area contributed by atoms with E-state index >= 15 is 0 Å². The van der Waals surface area contributed by atoms with Crippen LogP contribution in [0.3, 0.4) is 0 Å². The van der Waals surface area contributed by atoms with Crippen molar-refractivity contribution >= 4 is 34.8 Å². The van der Waals surface area contributed by atoms with Crippen LogP contribution in [0.1, 0.15) is 11.7 Å². The lowest BCUT2D eigenvalue weighted by Gasteiger charge is -2.17. The number of hydrogen-bond donors (Lipinski definition) is 4. The zero-order chi connectivity index (χ0) is 12.5. The average Bonchev–Trinajstić information content (AvgIpc) is 2.24. The standard InChI is InChI=1S/C9H10Cl2N2O3/c10-5-3(1-2-4(12)6(5)11)7(14)8(15)9(13)16/h1-2,7-8,14-15H,12H2,(H2,13,16). The van der Waals surface area contributed by atoms with Gasteiger partial charge in [0.05, 0.1) is 15.7 Å². The van der Waals surface area contributed by atoms with Crippen LogP contribution in [0.15, 0.2) is 12.1 Å². The molecular formula is C9H10Cl2N2O3. The van der Waals surface area contributed by atoms with Crippen molar-refractivity contribution in [2.45, 2.75) is 12.2 Å². The third kappa shape index (κ3) is 2.38. The topological polar surface area (TPSA) is 110 Å². The van der Waals surface area contributed by atoms with Crippen LogP contribution >= 0.6 is 23.2 Å². The Balaban J connectivity index is 3.14. The molecule has 1 rings (SSSR count). The first-order chi connectivity index (χ1) is 7.36. The highest BCUT2D eigenvalue weighted by Gasteiger charge is 2.26. The summed E-state index contributed by atoms with van der Waals surface area (Å²) in [7, 11) is 0. The lowest BCUT2D eigenvalue weighted by Crippen LogP contribution is -2.34. The molecule has 0 fully saturated rings. The van der Waals surface area contributed by atoms with E-state index in [1.165, 1.54) is 12.1 Å². The Morgan fingerprint density at radius 1 is 1.25 bits per heavy atom. The quantitative estimate of drug-likeness (QED) is 0.595. The SMILES string of the molecule is NC(=O)C(O)C(O)c1ccc(N)c(Cl)c1Cl. The first-order valence-electron chi connectivity index (χ1n) is 4.25. The van der Waals surface area contributed by atoms with E-state index in [-0.39, 0.29) is 21.3 Å². The van der Waals surface area contributed by atoms with Crippen LogP contribution in [0.4, 0.5) is 5.69 Å². The van der Waals surface area contributed by atoms with E-state index < -0.39 is 18.1 Å². The molecule has 1 aromatic carbocycles. The number of aliphatic hydroxyl groups excluding tert-OH is 2. The Bertz CT molecular complexity index is 425. The summed E-state index contributed by atoms with van der Waals surface area (Å²) in [6.45, 7) is 0. The molecule has 16 heavy (non-hydrogen) atoms. The minimum atomic E-state index is -1.75. The molecular weight excluding hydrogens is 255 g/mol. The van der Waals surface area contributed by atoms with E-state index in [0.29, 0.717) is 0 Å². The van der Waals surface area contributed by atoms with Gasteiger partial charge in [-0.3, -0.25) is 4.79 Å². The van der Waals surface area contributed by atoms with Gasteiger partial charge in [0.2, 0.25) is 5.91 Å². The maximum Gasteiger partial charge on any atom is 0.249 e. The molecule has 2 unspecified atom stereocenters. The Labute approximate surface area is 102 Å². The molecule has 1 amide bonds. The zero-order valence-electron chi connectivity index (χ0n) is 8.02. The predicted molar refractivity (Wildman–Crippen MR) is 61.0 cm³/mol. The van der Waals surface area contributed by atoms with Gasteiger partial charge in [-0.25, -0.2) is 0 Å². The maximum absolute atomic E-state index is 10.7. The van der Waals surface area contributed by atoms with Gasteiger partial charge in [0, 0.05) is 5.56 Å². The molecule has 0 radical (unpaired) electrons. The first-order valence-corrected chi connectivity index (χ1v) is 5.00. The molecule has 0 aromatic heterocycles. The van der Waals surface area contributed by atoms with Crippen molar-refractivity contribution in [2.24, 2.45) is 5.73 Å². The summed E-state index contributed by atoms with van der Waals surface area (Å²) in [6, 6.07) is 2.76. The summed E-state index contributed by atoms with van der Waals surface area (Å²) in [5, 5.41) is 18.9. The highest BCUT2D eigenvalue weighted by Crippen LogP contribution is 2.35. The second kappa shape index (κ2) is 4.88. The van der Waals surface area contributed by atoms with Crippen LogP contribution in [-0.4, -0.2) is 22.2 Å². The molecule has 0 saturated carbocycles. The number of hydrogen-bond acceptors (Lipinski definition) is 4. The van der Waals surface area contributed by atoms with Crippen molar-refractivity contribution in [1.82, 2.24) is 0 Å². The molecule has 0 spiro atoms. The lowest BCUT2D eigenvalue weighted by molar-refractivity contribution is -0.131. The zero-order valence-corrected chi connectivity index (χ0v) is 9.53. The van der Waals surface area contributed by atoms with Crippen LogP contribution in [0.5, 0.6) is 0 Å². The summed E-state index contributed by atoms with van der Waals surface area (Å²) in [5.41, 5.74) is 10.6. The van der Waals surface area contributed by atoms with Gasteiger partial charge in [-0.15, -0.1) is 0 Å². The predicted octanol–water partition coefficient (Wildman–Crippen LogP) is 0.455. The largest absolute Gasteiger partial charge is 0.397 e. The van der Waals surface area contributed by atoms with Crippen molar-refractivity contribution in [1.29, 1.82) is 0 Å². The van der Waals surface area contributed by atoms with Gasteiger partial charge in [-0.05, 0) is 6.07 Å². The summed E-state index contributed by atoms with van der Waals surface area (Å²) >= 11 is 11.6. The summed E-state index contributed by atoms with van der Waals surface area (Å²) in [4.78, 5) is 10.7. The van der Waals surface area contributed by atoms with Gasteiger partial charge in [-0.1, -0.05) is 29.3 Å². The minimum absolute atomic E-state index is 0.0190. The number of nitrogens with two attached hydrogens (primary N) is 2. The number of primary amides is 1. The Morgan fingerprint density at radius 2 is 1.81 bits per heavy atom. The van der Waals surface area contributed by atoms with Gasteiger partial charge in [0.1, 0.15) is 6.10 Å². The monoisotopic (exact) mass is 264 g/mol. The number of nitrogen functional groups attached to an aromatic ring is 1. The number of amides is 1. The molecule has 5 nitrogen and oxygen atoms in total. The van der Waals surface area contributed by atoms with E-state index in [0.717, 1.165) is 0 Å². The van der Waals surface area contributed by atoms with E-state index in [1.807, 2.05) is 0 Å². The molecule has 2 atom stereocenters. The van der Waals surface area contributed by atoms with Crippen molar-refractivity contribution in [3.63, 3.8) is 0 Å². The molecule has 1 aromatic rings. The van der Waals surface area contributed by atoms with Crippen LogP contribution in [-0.2, 0) is 4.79 Å². The third-order valence-corrected chi connectivity index (χ3v) is 2.96. The fourth-order valence-corrected chi connectivity index (χ4v) is 1.59. The fourth-order valence-electron chi connectivity index (χ4n) is 1.13. The van der Waals surface area contributed by atoms with Gasteiger partial charge < -0.3 is 21.7 Å². The molecule has 6 N–H and O–H groups in total. The molecule has 0 aliphatic carbocycles. The van der Waals surface area contributed by atoms with E-state index in [1.54, 1.807) is 0 Å². The number of anilines is 1. The van der Waals surface area contributed by atoms with Gasteiger partial charge in [0.15, 0.2) is 6.10 Å².